The molecule has 1 aromatic carbocycles. The van der Waals surface area contributed by atoms with Crippen molar-refractivity contribution >= 4 is 34.1 Å². The van der Waals surface area contributed by atoms with Crippen LogP contribution in [0.4, 0.5) is 0 Å². The molecule has 1 aromatic heterocycles. The lowest BCUT2D eigenvalue weighted by Gasteiger charge is -2.01. The molecule has 68 valence electrons. The fraction of sp³-hybridized carbons (Fsp3) is 0.111. The van der Waals surface area contributed by atoms with Crippen molar-refractivity contribution in [3.05, 3.63) is 23.1 Å². The number of hydrogen-bond acceptors (Lipinski definition) is 4. The SMILES string of the molecule is OCc1ccc2c(O)csc2c1S. The molecular weight excluding hydrogens is 204 g/mol. The Morgan fingerprint density at radius 3 is 2.85 bits per heavy atom. The summed E-state index contributed by atoms with van der Waals surface area (Å²) in [6.07, 6.45) is 0. The number of thiophene rings is 1. The van der Waals surface area contributed by atoms with E-state index in [0.717, 1.165) is 20.5 Å². The summed E-state index contributed by atoms with van der Waals surface area (Å²) in [5, 5.41) is 20.9. The summed E-state index contributed by atoms with van der Waals surface area (Å²) in [5.41, 5.74) is 0.790. The molecule has 2 rings (SSSR count). The van der Waals surface area contributed by atoms with Crippen LogP contribution in [0, 0.1) is 0 Å². The maximum absolute atomic E-state index is 9.41. The highest BCUT2D eigenvalue weighted by molar-refractivity contribution is 7.80. The first-order valence-corrected chi connectivity index (χ1v) is 5.08. The second kappa shape index (κ2) is 3.21. The summed E-state index contributed by atoms with van der Waals surface area (Å²) in [6, 6.07) is 3.57. The molecule has 0 amide bonds. The normalized spacial score (nSPS) is 10.9. The summed E-state index contributed by atoms with van der Waals surface area (Å²) in [7, 11) is 0. The van der Waals surface area contributed by atoms with E-state index in [0.29, 0.717) is 0 Å². The first kappa shape index (κ1) is 8.87. The van der Waals surface area contributed by atoms with Crippen LogP contribution in [0.5, 0.6) is 5.75 Å². The zero-order chi connectivity index (χ0) is 9.42. The first-order chi connectivity index (χ1) is 6.24. The number of thiol groups is 1. The van der Waals surface area contributed by atoms with Crippen molar-refractivity contribution in [2.45, 2.75) is 11.5 Å². The summed E-state index contributed by atoms with van der Waals surface area (Å²) >= 11 is 5.73. The van der Waals surface area contributed by atoms with E-state index < -0.39 is 0 Å². The van der Waals surface area contributed by atoms with E-state index >= 15 is 0 Å². The lowest BCUT2D eigenvalue weighted by Crippen LogP contribution is -1.84. The summed E-state index contributed by atoms with van der Waals surface area (Å²) in [5.74, 6) is 0.278. The van der Waals surface area contributed by atoms with Crippen molar-refractivity contribution in [3.63, 3.8) is 0 Å². The van der Waals surface area contributed by atoms with E-state index in [1.165, 1.54) is 11.3 Å². The highest BCUT2D eigenvalue weighted by Gasteiger charge is 2.08. The van der Waals surface area contributed by atoms with Crippen LogP contribution in [0.15, 0.2) is 22.4 Å². The fourth-order valence-electron chi connectivity index (χ4n) is 1.24. The maximum atomic E-state index is 9.41. The average molecular weight is 212 g/mol. The van der Waals surface area contributed by atoms with E-state index in [4.69, 9.17) is 5.11 Å². The molecule has 0 aliphatic heterocycles. The third-order valence-corrected chi connectivity index (χ3v) is 3.61. The Bertz CT molecular complexity index is 448. The van der Waals surface area contributed by atoms with Crippen molar-refractivity contribution in [2.75, 3.05) is 0 Å². The van der Waals surface area contributed by atoms with Crippen LogP contribution in [0.1, 0.15) is 5.56 Å². The van der Waals surface area contributed by atoms with Crippen molar-refractivity contribution in [1.82, 2.24) is 0 Å². The van der Waals surface area contributed by atoms with Gasteiger partial charge in [0.05, 0.1) is 11.3 Å². The molecule has 0 spiro atoms. The van der Waals surface area contributed by atoms with Crippen LogP contribution < -0.4 is 0 Å². The van der Waals surface area contributed by atoms with Gasteiger partial charge in [0.15, 0.2) is 0 Å². The molecule has 0 fully saturated rings. The Balaban J connectivity index is 2.80. The third-order valence-electron chi connectivity index (χ3n) is 1.95. The number of fused-ring (bicyclic) bond motifs is 1. The van der Waals surface area contributed by atoms with Gasteiger partial charge in [-0.1, -0.05) is 6.07 Å². The highest BCUT2D eigenvalue weighted by atomic mass is 32.1. The molecule has 0 bridgehead atoms. The van der Waals surface area contributed by atoms with Crippen molar-refractivity contribution in [3.8, 4) is 5.75 Å². The lowest BCUT2D eigenvalue weighted by atomic mass is 10.2. The highest BCUT2D eigenvalue weighted by Crippen LogP contribution is 2.36. The molecule has 0 aliphatic rings. The van der Waals surface area contributed by atoms with Gasteiger partial charge in [-0.3, -0.25) is 0 Å². The molecule has 2 nitrogen and oxygen atoms in total. The fourth-order valence-corrected chi connectivity index (χ4v) is 2.56. The topological polar surface area (TPSA) is 40.5 Å². The number of aliphatic hydroxyl groups is 1. The maximum Gasteiger partial charge on any atom is 0.134 e. The number of aromatic hydroxyl groups is 1. The zero-order valence-electron chi connectivity index (χ0n) is 6.69. The molecule has 2 aromatic rings. The van der Waals surface area contributed by atoms with E-state index in [1.54, 1.807) is 17.5 Å². The van der Waals surface area contributed by atoms with Gasteiger partial charge in [0.2, 0.25) is 0 Å². The van der Waals surface area contributed by atoms with Gasteiger partial charge in [-0.05, 0) is 11.6 Å². The second-order valence-electron chi connectivity index (χ2n) is 2.73. The van der Waals surface area contributed by atoms with E-state index in [-0.39, 0.29) is 12.4 Å². The summed E-state index contributed by atoms with van der Waals surface area (Å²) < 4.78 is 0.924. The molecule has 0 aliphatic carbocycles. The third kappa shape index (κ3) is 1.31. The predicted octanol–water partition coefficient (Wildman–Crippen LogP) is 2.39. The van der Waals surface area contributed by atoms with Gasteiger partial charge in [0.25, 0.3) is 0 Å². The van der Waals surface area contributed by atoms with Crippen molar-refractivity contribution in [1.29, 1.82) is 0 Å². The van der Waals surface area contributed by atoms with E-state index in [2.05, 4.69) is 12.6 Å². The van der Waals surface area contributed by atoms with Crippen LogP contribution >= 0.6 is 24.0 Å². The standard InChI is InChI=1S/C9H8O2S2/c10-3-5-1-2-6-7(11)4-13-9(6)8(5)12/h1-2,4,10-12H,3H2. The van der Waals surface area contributed by atoms with Gasteiger partial charge in [0.1, 0.15) is 5.75 Å². The minimum atomic E-state index is -0.0204. The molecule has 2 N–H and O–H groups in total. The minimum Gasteiger partial charge on any atom is -0.506 e. The second-order valence-corrected chi connectivity index (χ2v) is 4.06. The Labute approximate surface area is 84.9 Å². The monoisotopic (exact) mass is 212 g/mol. The van der Waals surface area contributed by atoms with Gasteiger partial charge >= 0.3 is 0 Å². The molecule has 4 heteroatoms. The van der Waals surface area contributed by atoms with Gasteiger partial charge in [-0.15, -0.1) is 24.0 Å². The minimum absolute atomic E-state index is 0.0204. The average Bonchev–Trinajstić information content (AvgIpc) is 2.50. The van der Waals surface area contributed by atoms with Gasteiger partial charge in [-0.25, -0.2) is 0 Å². The first-order valence-electron chi connectivity index (χ1n) is 3.76. The van der Waals surface area contributed by atoms with Crippen LogP contribution in [0.3, 0.4) is 0 Å². The number of benzene rings is 1. The van der Waals surface area contributed by atoms with Crippen molar-refractivity contribution < 1.29 is 10.2 Å². The molecule has 0 saturated carbocycles. The van der Waals surface area contributed by atoms with Crippen LogP contribution in [0.25, 0.3) is 10.1 Å². The Morgan fingerprint density at radius 2 is 2.15 bits per heavy atom. The number of aliphatic hydroxyl groups excluding tert-OH is 1. The van der Waals surface area contributed by atoms with Gasteiger partial charge in [0, 0.05) is 15.7 Å². The quantitative estimate of drug-likeness (QED) is 0.635. The molecule has 0 radical (unpaired) electrons. The molecular formula is C9H8O2S2. The number of rotatable bonds is 1. The van der Waals surface area contributed by atoms with Gasteiger partial charge in [-0.2, -0.15) is 0 Å². The molecule has 1 heterocycles. The Kier molecular flexibility index (Phi) is 2.19. The summed E-state index contributed by atoms with van der Waals surface area (Å²) in [6.45, 7) is -0.0204. The smallest absolute Gasteiger partial charge is 0.134 e. The zero-order valence-corrected chi connectivity index (χ0v) is 8.40. The van der Waals surface area contributed by atoms with Crippen LogP contribution in [0.2, 0.25) is 0 Å². The molecule has 0 saturated heterocycles. The van der Waals surface area contributed by atoms with E-state index in [9.17, 15) is 5.11 Å². The number of hydrogen-bond donors (Lipinski definition) is 3. The van der Waals surface area contributed by atoms with Crippen LogP contribution in [-0.4, -0.2) is 10.2 Å². The van der Waals surface area contributed by atoms with Crippen molar-refractivity contribution in [2.24, 2.45) is 0 Å². The predicted molar refractivity (Wildman–Crippen MR) is 56.7 cm³/mol. The molecule has 13 heavy (non-hydrogen) atoms. The Morgan fingerprint density at radius 1 is 1.38 bits per heavy atom. The lowest BCUT2D eigenvalue weighted by molar-refractivity contribution is 0.279. The Hall–Kier alpha value is -0.710. The van der Waals surface area contributed by atoms with Crippen LogP contribution in [-0.2, 0) is 6.61 Å². The molecule has 0 atom stereocenters. The largest absolute Gasteiger partial charge is 0.506 e. The summed E-state index contributed by atoms with van der Waals surface area (Å²) in [4.78, 5) is 0.755. The van der Waals surface area contributed by atoms with Gasteiger partial charge < -0.3 is 10.2 Å². The molecule has 0 unspecified atom stereocenters. The van der Waals surface area contributed by atoms with E-state index in [1.807, 2.05) is 0 Å².